The van der Waals surface area contributed by atoms with Crippen LogP contribution < -0.4 is 0 Å². The van der Waals surface area contributed by atoms with Crippen molar-refractivity contribution < 1.29 is 19.1 Å². The lowest BCUT2D eigenvalue weighted by Crippen LogP contribution is -2.34. The van der Waals surface area contributed by atoms with E-state index in [1.807, 2.05) is 6.07 Å². The van der Waals surface area contributed by atoms with Crippen LogP contribution in [0.4, 0.5) is 0 Å². The van der Waals surface area contributed by atoms with E-state index in [0.717, 1.165) is 31.2 Å². The molecule has 3 rings (SSSR count). The second-order valence-corrected chi connectivity index (χ2v) is 7.25. The third-order valence-electron chi connectivity index (χ3n) is 4.65. The monoisotopic (exact) mass is 397 g/mol. The Balaban J connectivity index is 1.54. The van der Waals surface area contributed by atoms with Gasteiger partial charge in [-0.05, 0) is 49.5 Å². The van der Waals surface area contributed by atoms with E-state index in [9.17, 15) is 9.59 Å². The molecule has 1 aromatic carbocycles. The van der Waals surface area contributed by atoms with Crippen molar-refractivity contribution in [1.82, 2.24) is 4.90 Å². The number of benzene rings is 1. The van der Waals surface area contributed by atoms with Gasteiger partial charge in [-0.1, -0.05) is 29.3 Å². The van der Waals surface area contributed by atoms with Crippen LogP contribution in [-0.2, 0) is 19.1 Å². The third-order valence-corrected chi connectivity index (χ3v) is 5.39. The number of carbonyl (C=O) groups is 2. The molecule has 0 N–H and O–H groups in total. The number of carbonyl (C=O) groups excluding carboxylic acids is 2. The maximum atomic E-state index is 12.5. The Morgan fingerprint density at radius 3 is 2.81 bits per heavy atom. The van der Waals surface area contributed by atoms with Gasteiger partial charge in [0.05, 0.1) is 22.2 Å². The van der Waals surface area contributed by atoms with Crippen LogP contribution in [0.1, 0.15) is 37.3 Å². The lowest BCUT2D eigenvalue weighted by Gasteiger charge is -2.25. The number of ether oxygens (including phenoxy) is 2. The second kappa shape index (κ2) is 8.89. The van der Waals surface area contributed by atoms with Crippen molar-refractivity contribution in [2.75, 3.05) is 19.8 Å². The number of amides is 1. The number of hydrogen-bond donors (Lipinski definition) is 0. The van der Waals surface area contributed by atoms with E-state index in [2.05, 4.69) is 0 Å². The maximum absolute atomic E-state index is 12.5. The molecule has 2 atom stereocenters. The summed E-state index contributed by atoms with van der Waals surface area (Å²) in [4.78, 5) is 26.0. The highest BCUT2D eigenvalue weighted by Gasteiger charge is 2.30. The van der Waals surface area contributed by atoms with E-state index in [-0.39, 0.29) is 24.7 Å². The Hall–Kier alpha value is -1.56. The molecule has 1 amide bonds. The van der Waals surface area contributed by atoms with Crippen LogP contribution in [0.15, 0.2) is 30.4 Å². The number of rotatable bonds is 5. The summed E-state index contributed by atoms with van der Waals surface area (Å²) in [6.45, 7) is 1.08. The number of nitrogens with zero attached hydrogens (tertiary/aromatic N) is 1. The highest BCUT2D eigenvalue weighted by molar-refractivity contribution is 6.42. The lowest BCUT2D eigenvalue weighted by molar-refractivity contribution is -0.148. The highest BCUT2D eigenvalue weighted by Crippen LogP contribution is 2.35. The Morgan fingerprint density at radius 1 is 1.23 bits per heavy atom. The van der Waals surface area contributed by atoms with Gasteiger partial charge in [0.2, 0.25) is 0 Å². The quantitative estimate of drug-likeness (QED) is 0.557. The van der Waals surface area contributed by atoms with Crippen molar-refractivity contribution in [2.24, 2.45) is 0 Å². The molecule has 5 nitrogen and oxygen atoms in total. The lowest BCUT2D eigenvalue weighted by atomic mass is 10.0. The summed E-state index contributed by atoms with van der Waals surface area (Å²) in [6.07, 6.45) is 6.63. The minimum Gasteiger partial charge on any atom is -0.452 e. The van der Waals surface area contributed by atoms with Crippen molar-refractivity contribution in [3.8, 4) is 0 Å². The van der Waals surface area contributed by atoms with Gasteiger partial charge in [-0.3, -0.25) is 4.79 Å². The van der Waals surface area contributed by atoms with E-state index in [4.69, 9.17) is 32.7 Å². The molecule has 0 saturated carbocycles. The zero-order valence-electron chi connectivity index (χ0n) is 14.3. The minimum atomic E-state index is -0.529. The molecule has 0 aliphatic carbocycles. The Bertz CT molecular complexity index is 701. The van der Waals surface area contributed by atoms with Gasteiger partial charge >= 0.3 is 5.97 Å². The molecule has 2 aliphatic heterocycles. The average molecular weight is 398 g/mol. The summed E-state index contributed by atoms with van der Waals surface area (Å²) in [5.41, 5.74) is 0.940. The number of hydrogen-bond acceptors (Lipinski definition) is 4. The first kappa shape index (κ1) is 19.2. The fraction of sp³-hybridized carbons (Fsp3) is 0.474. The summed E-state index contributed by atoms with van der Waals surface area (Å²) in [6, 6.07) is 5.33. The Morgan fingerprint density at radius 2 is 2.08 bits per heavy atom. The normalized spacial score (nSPS) is 22.9. The van der Waals surface area contributed by atoms with Crippen molar-refractivity contribution in [1.29, 1.82) is 0 Å². The van der Waals surface area contributed by atoms with Crippen molar-refractivity contribution in [2.45, 2.75) is 37.8 Å². The minimum absolute atomic E-state index is 0.0316. The standard InChI is InChI=1S/C19H21Cl2NO4/c20-15-7-5-13(11-16(15)21)17-4-1-9-22(17)18(23)12-26-19(24)8-6-14-3-2-10-25-14/h5-8,11,14,17H,1-4,9-10,12H2/b8-6+. The highest BCUT2D eigenvalue weighted by atomic mass is 35.5. The number of likely N-dealkylation sites (tertiary alicyclic amines) is 1. The SMILES string of the molecule is O=C(/C=C/C1CCCO1)OCC(=O)N1CCCC1c1ccc(Cl)c(Cl)c1. The molecule has 2 fully saturated rings. The predicted molar refractivity (Wildman–Crippen MR) is 99.2 cm³/mol. The predicted octanol–water partition coefficient (Wildman–Crippen LogP) is 3.94. The molecule has 7 heteroatoms. The van der Waals surface area contributed by atoms with Gasteiger partial charge in [-0.2, -0.15) is 0 Å². The van der Waals surface area contributed by atoms with Gasteiger partial charge in [0.1, 0.15) is 0 Å². The van der Waals surface area contributed by atoms with Crippen LogP contribution >= 0.6 is 23.2 Å². The van der Waals surface area contributed by atoms with Gasteiger partial charge in [-0.15, -0.1) is 0 Å². The summed E-state index contributed by atoms with van der Waals surface area (Å²) in [7, 11) is 0. The molecule has 0 aromatic heterocycles. The number of halogens is 2. The summed E-state index contributed by atoms with van der Waals surface area (Å²) < 4.78 is 10.5. The third kappa shape index (κ3) is 4.78. The van der Waals surface area contributed by atoms with E-state index in [0.29, 0.717) is 23.2 Å². The molecule has 0 spiro atoms. The molecule has 0 radical (unpaired) electrons. The van der Waals surface area contributed by atoms with Crippen molar-refractivity contribution >= 4 is 35.1 Å². The van der Waals surface area contributed by atoms with Crippen LogP contribution in [0.3, 0.4) is 0 Å². The summed E-state index contributed by atoms with van der Waals surface area (Å²) >= 11 is 12.1. The maximum Gasteiger partial charge on any atom is 0.331 e. The van der Waals surface area contributed by atoms with Crippen LogP contribution in [-0.4, -0.2) is 42.6 Å². The fourth-order valence-electron chi connectivity index (χ4n) is 3.34. The van der Waals surface area contributed by atoms with Gasteiger partial charge in [0.25, 0.3) is 5.91 Å². The molecular weight excluding hydrogens is 377 g/mol. The van der Waals surface area contributed by atoms with Gasteiger partial charge in [-0.25, -0.2) is 4.79 Å². The van der Waals surface area contributed by atoms with E-state index >= 15 is 0 Å². The van der Waals surface area contributed by atoms with Crippen LogP contribution in [0, 0.1) is 0 Å². The molecule has 2 unspecified atom stereocenters. The average Bonchev–Trinajstić information content (AvgIpc) is 3.31. The molecule has 140 valence electrons. The second-order valence-electron chi connectivity index (χ2n) is 6.44. The smallest absolute Gasteiger partial charge is 0.331 e. The Kier molecular flexibility index (Phi) is 6.57. The van der Waals surface area contributed by atoms with E-state index in [1.54, 1.807) is 23.1 Å². The largest absolute Gasteiger partial charge is 0.452 e. The fourth-order valence-corrected chi connectivity index (χ4v) is 3.64. The van der Waals surface area contributed by atoms with Crippen LogP contribution in [0.5, 0.6) is 0 Å². The van der Waals surface area contributed by atoms with Gasteiger partial charge in [0.15, 0.2) is 6.61 Å². The van der Waals surface area contributed by atoms with E-state index < -0.39 is 5.97 Å². The van der Waals surface area contributed by atoms with Crippen LogP contribution in [0.2, 0.25) is 10.0 Å². The zero-order valence-corrected chi connectivity index (χ0v) is 15.8. The molecule has 2 saturated heterocycles. The molecule has 26 heavy (non-hydrogen) atoms. The molecule has 1 aromatic rings. The number of esters is 1. The molecule has 2 aliphatic rings. The van der Waals surface area contributed by atoms with Crippen molar-refractivity contribution in [3.05, 3.63) is 46.0 Å². The topological polar surface area (TPSA) is 55.8 Å². The first-order valence-corrected chi connectivity index (χ1v) is 9.51. The Labute approximate surface area is 162 Å². The first-order chi connectivity index (χ1) is 12.5. The molecule has 2 heterocycles. The van der Waals surface area contributed by atoms with Crippen LogP contribution in [0.25, 0.3) is 0 Å². The van der Waals surface area contributed by atoms with Gasteiger partial charge < -0.3 is 14.4 Å². The zero-order chi connectivity index (χ0) is 18.5. The summed E-state index contributed by atoms with van der Waals surface area (Å²) in [5, 5.41) is 0.951. The molecular formula is C19H21Cl2NO4. The van der Waals surface area contributed by atoms with E-state index in [1.165, 1.54) is 6.08 Å². The first-order valence-electron chi connectivity index (χ1n) is 8.75. The van der Waals surface area contributed by atoms with Crippen molar-refractivity contribution in [3.63, 3.8) is 0 Å². The molecule has 0 bridgehead atoms. The van der Waals surface area contributed by atoms with Gasteiger partial charge in [0, 0.05) is 19.2 Å². The summed E-state index contributed by atoms with van der Waals surface area (Å²) in [5.74, 6) is -0.739.